The van der Waals surface area contributed by atoms with Crippen molar-refractivity contribution < 1.29 is 4.52 Å². The average molecular weight is 385 g/mol. The van der Waals surface area contributed by atoms with E-state index in [1.165, 1.54) is 11.8 Å². The van der Waals surface area contributed by atoms with E-state index in [1.54, 1.807) is 16.8 Å². The SMILES string of the molecule is Cc1ccccc1-n1nnnc1SCc1nc(-c2cccc(Cl)c2)no1. The molecule has 7 nitrogen and oxygen atoms in total. The van der Waals surface area contributed by atoms with E-state index in [9.17, 15) is 0 Å². The number of thioether (sulfide) groups is 1. The van der Waals surface area contributed by atoms with Crippen molar-refractivity contribution in [2.75, 3.05) is 0 Å². The van der Waals surface area contributed by atoms with Crippen LogP contribution in [0.25, 0.3) is 17.1 Å². The molecule has 130 valence electrons. The van der Waals surface area contributed by atoms with Crippen molar-refractivity contribution in [3.63, 3.8) is 0 Å². The number of aryl methyl sites for hydroxylation is 1. The van der Waals surface area contributed by atoms with Crippen LogP contribution < -0.4 is 0 Å². The van der Waals surface area contributed by atoms with Gasteiger partial charge in [0.15, 0.2) is 0 Å². The van der Waals surface area contributed by atoms with Gasteiger partial charge in [0, 0.05) is 10.6 Å². The lowest BCUT2D eigenvalue weighted by Crippen LogP contribution is -2.01. The Hall–Kier alpha value is -2.71. The van der Waals surface area contributed by atoms with Crippen LogP contribution in [0.2, 0.25) is 5.02 Å². The van der Waals surface area contributed by atoms with E-state index in [0.29, 0.717) is 27.6 Å². The lowest BCUT2D eigenvalue weighted by atomic mass is 10.2. The van der Waals surface area contributed by atoms with Gasteiger partial charge in [0.1, 0.15) is 0 Å². The first kappa shape index (κ1) is 16.7. The lowest BCUT2D eigenvalue weighted by molar-refractivity contribution is 0.391. The van der Waals surface area contributed by atoms with Gasteiger partial charge in [-0.05, 0) is 41.1 Å². The number of hydrogen-bond acceptors (Lipinski definition) is 7. The Bertz CT molecular complexity index is 1050. The fraction of sp³-hybridized carbons (Fsp3) is 0.118. The minimum absolute atomic E-state index is 0.458. The van der Waals surface area contributed by atoms with Crippen molar-refractivity contribution in [2.45, 2.75) is 17.8 Å². The first-order valence-corrected chi connectivity index (χ1v) is 9.13. The first-order valence-electron chi connectivity index (χ1n) is 7.76. The van der Waals surface area contributed by atoms with E-state index in [2.05, 4.69) is 25.7 Å². The van der Waals surface area contributed by atoms with Crippen LogP contribution in [-0.4, -0.2) is 30.3 Å². The van der Waals surface area contributed by atoms with Gasteiger partial charge < -0.3 is 4.52 Å². The molecule has 0 saturated heterocycles. The number of benzene rings is 2. The zero-order valence-corrected chi connectivity index (χ0v) is 15.3. The van der Waals surface area contributed by atoms with E-state index >= 15 is 0 Å². The van der Waals surface area contributed by atoms with Crippen LogP contribution in [0.4, 0.5) is 0 Å². The van der Waals surface area contributed by atoms with Gasteiger partial charge in [-0.15, -0.1) is 5.10 Å². The van der Waals surface area contributed by atoms with Crippen LogP contribution in [0.5, 0.6) is 0 Å². The van der Waals surface area contributed by atoms with Crippen molar-refractivity contribution in [2.24, 2.45) is 0 Å². The number of hydrogen-bond donors (Lipinski definition) is 0. The predicted molar refractivity (Wildman–Crippen MR) is 98.2 cm³/mol. The topological polar surface area (TPSA) is 82.5 Å². The number of rotatable bonds is 5. The molecular weight excluding hydrogens is 372 g/mol. The van der Waals surface area contributed by atoms with Gasteiger partial charge in [0.2, 0.25) is 16.9 Å². The molecule has 2 aromatic heterocycles. The minimum atomic E-state index is 0.458. The van der Waals surface area contributed by atoms with Crippen LogP contribution >= 0.6 is 23.4 Å². The number of halogens is 1. The van der Waals surface area contributed by atoms with Crippen molar-refractivity contribution in [1.29, 1.82) is 0 Å². The van der Waals surface area contributed by atoms with Gasteiger partial charge in [0.05, 0.1) is 11.4 Å². The lowest BCUT2D eigenvalue weighted by Gasteiger charge is -2.06. The van der Waals surface area contributed by atoms with Gasteiger partial charge in [-0.25, -0.2) is 0 Å². The van der Waals surface area contributed by atoms with Crippen molar-refractivity contribution >= 4 is 23.4 Å². The number of tetrazole rings is 1. The summed E-state index contributed by atoms with van der Waals surface area (Å²) in [5.74, 6) is 1.45. The maximum atomic E-state index is 6.00. The summed E-state index contributed by atoms with van der Waals surface area (Å²) in [6.07, 6.45) is 0. The fourth-order valence-electron chi connectivity index (χ4n) is 2.41. The summed E-state index contributed by atoms with van der Waals surface area (Å²) in [4.78, 5) is 4.41. The second kappa shape index (κ2) is 7.27. The molecule has 0 amide bonds. The molecule has 0 fully saturated rings. The highest BCUT2D eigenvalue weighted by Gasteiger charge is 2.14. The monoisotopic (exact) mass is 384 g/mol. The molecule has 0 unspecified atom stereocenters. The maximum absolute atomic E-state index is 6.00. The molecule has 0 aliphatic rings. The van der Waals surface area contributed by atoms with Crippen LogP contribution in [-0.2, 0) is 5.75 Å². The summed E-state index contributed by atoms with van der Waals surface area (Å²) in [6, 6.07) is 15.2. The number of para-hydroxylation sites is 1. The minimum Gasteiger partial charge on any atom is -0.338 e. The Morgan fingerprint density at radius 2 is 2.04 bits per heavy atom. The normalized spacial score (nSPS) is 11.0. The predicted octanol–water partition coefficient (Wildman–Crippen LogP) is 3.97. The Morgan fingerprint density at radius 3 is 2.88 bits per heavy atom. The summed E-state index contributed by atoms with van der Waals surface area (Å²) >= 11 is 7.43. The molecule has 9 heteroatoms. The number of aromatic nitrogens is 6. The van der Waals surface area contributed by atoms with E-state index in [4.69, 9.17) is 16.1 Å². The summed E-state index contributed by atoms with van der Waals surface area (Å²) in [7, 11) is 0. The molecule has 4 rings (SSSR count). The van der Waals surface area contributed by atoms with Gasteiger partial charge in [-0.1, -0.05) is 58.9 Å². The van der Waals surface area contributed by atoms with E-state index < -0.39 is 0 Å². The standard InChI is InChI=1S/C17H13ClN6OS/c1-11-5-2-3-8-14(11)24-17(20-22-23-24)26-10-15-19-16(21-25-15)12-6-4-7-13(18)9-12/h2-9H,10H2,1H3. The Morgan fingerprint density at radius 1 is 1.15 bits per heavy atom. The third-order valence-corrected chi connectivity index (χ3v) is 4.80. The van der Waals surface area contributed by atoms with E-state index in [-0.39, 0.29) is 0 Å². The van der Waals surface area contributed by atoms with E-state index in [0.717, 1.165) is 16.8 Å². The third-order valence-electron chi connectivity index (χ3n) is 3.66. The molecule has 0 saturated carbocycles. The molecule has 2 heterocycles. The number of nitrogens with zero attached hydrogens (tertiary/aromatic N) is 6. The first-order chi connectivity index (χ1) is 12.7. The molecule has 0 aliphatic carbocycles. The van der Waals surface area contributed by atoms with Gasteiger partial charge >= 0.3 is 0 Å². The Balaban J connectivity index is 1.51. The fourth-order valence-corrected chi connectivity index (χ4v) is 3.32. The molecule has 2 aromatic carbocycles. The highest BCUT2D eigenvalue weighted by molar-refractivity contribution is 7.98. The van der Waals surface area contributed by atoms with Crippen LogP contribution in [0, 0.1) is 6.92 Å². The van der Waals surface area contributed by atoms with Crippen LogP contribution in [0.3, 0.4) is 0 Å². The Labute approximate surface area is 158 Å². The smallest absolute Gasteiger partial charge is 0.237 e. The van der Waals surface area contributed by atoms with Gasteiger partial charge in [0.25, 0.3) is 0 Å². The summed E-state index contributed by atoms with van der Waals surface area (Å²) in [5, 5.41) is 17.2. The van der Waals surface area contributed by atoms with Crippen LogP contribution in [0.15, 0.2) is 58.2 Å². The van der Waals surface area contributed by atoms with Crippen molar-refractivity contribution in [1.82, 2.24) is 30.3 Å². The summed E-state index contributed by atoms with van der Waals surface area (Å²) in [5.41, 5.74) is 2.83. The molecule has 4 aromatic rings. The van der Waals surface area contributed by atoms with Crippen molar-refractivity contribution in [3.05, 3.63) is 65.0 Å². The quantitative estimate of drug-likeness (QED) is 0.481. The van der Waals surface area contributed by atoms with Gasteiger partial charge in [-0.3, -0.25) is 0 Å². The second-order valence-electron chi connectivity index (χ2n) is 5.47. The van der Waals surface area contributed by atoms with Crippen LogP contribution in [0.1, 0.15) is 11.5 Å². The second-order valence-corrected chi connectivity index (χ2v) is 6.85. The average Bonchev–Trinajstić information content (AvgIpc) is 3.30. The molecular formula is C17H13ClN6OS. The highest BCUT2D eigenvalue weighted by Crippen LogP contribution is 2.25. The zero-order chi connectivity index (χ0) is 17.9. The van der Waals surface area contributed by atoms with Gasteiger partial charge in [-0.2, -0.15) is 9.67 Å². The largest absolute Gasteiger partial charge is 0.338 e. The summed E-state index contributed by atoms with van der Waals surface area (Å²) < 4.78 is 7.03. The Kier molecular flexibility index (Phi) is 4.68. The molecule has 0 N–H and O–H groups in total. The highest BCUT2D eigenvalue weighted by atomic mass is 35.5. The maximum Gasteiger partial charge on any atom is 0.237 e. The molecule has 0 radical (unpaired) electrons. The molecule has 26 heavy (non-hydrogen) atoms. The van der Waals surface area contributed by atoms with Crippen molar-refractivity contribution in [3.8, 4) is 17.1 Å². The molecule has 0 aliphatic heterocycles. The zero-order valence-electron chi connectivity index (χ0n) is 13.7. The molecule has 0 bridgehead atoms. The van der Waals surface area contributed by atoms with E-state index in [1.807, 2.05) is 43.3 Å². The molecule has 0 atom stereocenters. The summed E-state index contributed by atoms with van der Waals surface area (Å²) in [6.45, 7) is 2.01. The third kappa shape index (κ3) is 3.47. The molecule has 0 spiro atoms.